The fourth-order valence-electron chi connectivity index (χ4n) is 3.64. The van der Waals surface area contributed by atoms with Gasteiger partial charge in [-0.05, 0) is 37.8 Å². The van der Waals surface area contributed by atoms with E-state index in [1.165, 1.54) is 12.1 Å². The normalized spacial score (nSPS) is 23.8. The van der Waals surface area contributed by atoms with Gasteiger partial charge in [0.1, 0.15) is 5.82 Å². The minimum absolute atomic E-state index is 0. The minimum atomic E-state index is -0.500. The predicted molar refractivity (Wildman–Crippen MR) is 96.1 cm³/mol. The van der Waals surface area contributed by atoms with Gasteiger partial charge in [-0.25, -0.2) is 4.39 Å². The fraction of sp³-hybridized carbons (Fsp3) is 0.556. The molecule has 1 saturated heterocycles. The third-order valence-corrected chi connectivity index (χ3v) is 5.02. The monoisotopic (exact) mass is 369 g/mol. The second-order valence-corrected chi connectivity index (χ2v) is 6.72. The molecule has 1 aromatic carbocycles. The molecule has 1 aliphatic heterocycles. The molecule has 1 heterocycles. The van der Waals surface area contributed by atoms with Gasteiger partial charge in [-0.3, -0.25) is 9.59 Å². The van der Waals surface area contributed by atoms with Gasteiger partial charge in [0.25, 0.3) is 5.91 Å². The number of amides is 2. The summed E-state index contributed by atoms with van der Waals surface area (Å²) >= 11 is 0. The van der Waals surface area contributed by atoms with Gasteiger partial charge in [-0.2, -0.15) is 0 Å². The second-order valence-electron chi connectivity index (χ2n) is 6.72. The highest BCUT2D eigenvalue weighted by molar-refractivity contribution is 5.94. The van der Waals surface area contributed by atoms with Gasteiger partial charge in [0.05, 0.1) is 5.56 Å². The van der Waals surface area contributed by atoms with Crippen molar-refractivity contribution in [1.82, 2.24) is 9.80 Å². The fourth-order valence-corrected chi connectivity index (χ4v) is 3.64. The molecule has 0 spiro atoms. The highest BCUT2D eigenvalue weighted by Crippen LogP contribution is 2.26. The molecule has 1 aromatic rings. The summed E-state index contributed by atoms with van der Waals surface area (Å²) in [6.07, 6.45) is 3.23. The first-order valence-electron chi connectivity index (χ1n) is 8.64. The number of hydrogen-bond donors (Lipinski definition) is 1. The SMILES string of the molecule is Cl.NC1CCC(C(=O)N2CCCN(C(=O)c3ccccc3F)CC2)C1. The number of carbonyl (C=O) groups excluding carboxylic acids is 2. The van der Waals surface area contributed by atoms with Crippen molar-refractivity contribution in [2.24, 2.45) is 11.7 Å². The average molecular weight is 370 g/mol. The number of rotatable bonds is 2. The van der Waals surface area contributed by atoms with Gasteiger partial charge in [0.2, 0.25) is 5.91 Å². The molecule has 1 aliphatic carbocycles. The van der Waals surface area contributed by atoms with E-state index in [1.54, 1.807) is 17.0 Å². The minimum Gasteiger partial charge on any atom is -0.341 e. The molecule has 2 N–H and O–H groups in total. The lowest BCUT2D eigenvalue weighted by molar-refractivity contribution is -0.135. The first-order valence-corrected chi connectivity index (χ1v) is 8.64. The molecular formula is C18H25ClFN3O2. The smallest absolute Gasteiger partial charge is 0.256 e. The van der Waals surface area contributed by atoms with E-state index in [-0.39, 0.29) is 41.7 Å². The first kappa shape index (κ1) is 19.7. The van der Waals surface area contributed by atoms with Crippen molar-refractivity contribution in [3.8, 4) is 0 Å². The summed E-state index contributed by atoms with van der Waals surface area (Å²) < 4.78 is 13.8. The van der Waals surface area contributed by atoms with Gasteiger partial charge >= 0.3 is 0 Å². The first-order chi connectivity index (χ1) is 11.6. The molecule has 0 bridgehead atoms. The van der Waals surface area contributed by atoms with Crippen LogP contribution in [0.1, 0.15) is 36.0 Å². The van der Waals surface area contributed by atoms with E-state index in [0.717, 1.165) is 19.3 Å². The van der Waals surface area contributed by atoms with E-state index in [9.17, 15) is 14.0 Å². The molecular weight excluding hydrogens is 345 g/mol. The van der Waals surface area contributed by atoms with Crippen LogP contribution in [0.4, 0.5) is 4.39 Å². The molecule has 5 nitrogen and oxygen atoms in total. The van der Waals surface area contributed by atoms with E-state index < -0.39 is 5.82 Å². The number of halogens is 2. The van der Waals surface area contributed by atoms with E-state index >= 15 is 0 Å². The number of carbonyl (C=O) groups is 2. The predicted octanol–water partition coefficient (Wildman–Crippen LogP) is 2.05. The highest BCUT2D eigenvalue weighted by atomic mass is 35.5. The molecule has 3 rings (SSSR count). The van der Waals surface area contributed by atoms with Crippen molar-refractivity contribution >= 4 is 24.2 Å². The summed E-state index contributed by atoms with van der Waals surface area (Å²) in [4.78, 5) is 28.6. The van der Waals surface area contributed by atoms with Crippen molar-refractivity contribution in [1.29, 1.82) is 0 Å². The quantitative estimate of drug-likeness (QED) is 0.867. The zero-order valence-electron chi connectivity index (χ0n) is 14.2. The second kappa shape index (κ2) is 8.63. The van der Waals surface area contributed by atoms with Gasteiger partial charge in [-0.1, -0.05) is 12.1 Å². The molecule has 1 saturated carbocycles. The number of nitrogens with two attached hydrogens (primary N) is 1. The lowest BCUT2D eigenvalue weighted by atomic mass is 10.1. The van der Waals surface area contributed by atoms with Crippen LogP contribution >= 0.6 is 12.4 Å². The molecule has 2 aliphatic rings. The van der Waals surface area contributed by atoms with Crippen molar-refractivity contribution in [2.75, 3.05) is 26.2 Å². The Morgan fingerprint density at radius 1 is 1.04 bits per heavy atom. The lowest BCUT2D eigenvalue weighted by Crippen LogP contribution is -2.40. The Bertz CT molecular complexity index is 628. The Morgan fingerprint density at radius 3 is 2.40 bits per heavy atom. The Hall–Kier alpha value is -1.66. The molecule has 2 amide bonds. The van der Waals surface area contributed by atoms with Crippen LogP contribution in [-0.2, 0) is 4.79 Å². The number of benzene rings is 1. The summed E-state index contributed by atoms with van der Waals surface area (Å²) in [5.41, 5.74) is 6.00. The highest BCUT2D eigenvalue weighted by Gasteiger charge is 2.32. The Morgan fingerprint density at radius 2 is 1.72 bits per heavy atom. The maximum Gasteiger partial charge on any atom is 0.256 e. The third-order valence-electron chi connectivity index (χ3n) is 5.02. The molecule has 0 aromatic heterocycles. The zero-order chi connectivity index (χ0) is 17.1. The van der Waals surface area contributed by atoms with Crippen LogP contribution in [0.3, 0.4) is 0 Å². The standard InChI is InChI=1S/C18H24FN3O2.ClH/c19-16-5-2-1-4-15(16)18(24)22-9-3-8-21(10-11-22)17(23)13-6-7-14(20)12-13;/h1-2,4-5,13-14H,3,6-12,20H2;1H. The van der Waals surface area contributed by atoms with Crippen molar-refractivity contribution in [3.05, 3.63) is 35.6 Å². The van der Waals surface area contributed by atoms with Crippen LogP contribution < -0.4 is 5.73 Å². The Kier molecular flexibility index (Phi) is 6.79. The summed E-state index contributed by atoms with van der Waals surface area (Å²) in [6.45, 7) is 2.13. The molecule has 2 atom stereocenters. The van der Waals surface area contributed by atoms with Crippen molar-refractivity contribution < 1.29 is 14.0 Å². The average Bonchev–Trinajstić information content (AvgIpc) is 2.87. The molecule has 2 unspecified atom stereocenters. The summed E-state index contributed by atoms with van der Waals surface area (Å²) in [5.74, 6) is -0.623. The Balaban J connectivity index is 0.00000225. The maximum absolute atomic E-state index is 13.8. The third kappa shape index (κ3) is 4.50. The largest absolute Gasteiger partial charge is 0.341 e. The van der Waals surface area contributed by atoms with Gasteiger partial charge < -0.3 is 15.5 Å². The van der Waals surface area contributed by atoms with Gasteiger partial charge in [0.15, 0.2) is 0 Å². The molecule has 7 heteroatoms. The van der Waals surface area contributed by atoms with Crippen LogP contribution in [0.25, 0.3) is 0 Å². The lowest BCUT2D eigenvalue weighted by Gasteiger charge is -2.24. The van der Waals surface area contributed by atoms with E-state index in [2.05, 4.69) is 0 Å². The maximum atomic E-state index is 13.8. The van der Waals surface area contributed by atoms with Crippen molar-refractivity contribution in [3.63, 3.8) is 0 Å². The molecule has 0 radical (unpaired) electrons. The summed E-state index contributed by atoms with van der Waals surface area (Å²) in [6, 6.07) is 6.16. The molecule has 138 valence electrons. The summed E-state index contributed by atoms with van der Waals surface area (Å²) in [7, 11) is 0. The van der Waals surface area contributed by atoms with E-state index in [0.29, 0.717) is 32.6 Å². The Labute approximate surface area is 153 Å². The van der Waals surface area contributed by atoms with Crippen LogP contribution in [0.15, 0.2) is 24.3 Å². The molecule has 25 heavy (non-hydrogen) atoms. The molecule has 2 fully saturated rings. The number of nitrogens with zero attached hydrogens (tertiary/aromatic N) is 2. The van der Waals surface area contributed by atoms with Gasteiger partial charge in [0, 0.05) is 38.1 Å². The summed E-state index contributed by atoms with van der Waals surface area (Å²) in [5, 5.41) is 0. The zero-order valence-corrected chi connectivity index (χ0v) is 15.0. The van der Waals surface area contributed by atoms with Gasteiger partial charge in [-0.15, -0.1) is 12.4 Å². The van der Waals surface area contributed by atoms with E-state index in [1.807, 2.05) is 4.90 Å². The van der Waals surface area contributed by atoms with Crippen LogP contribution in [-0.4, -0.2) is 53.8 Å². The van der Waals surface area contributed by atoms with Crippen LogP contribution in [0, 0.1) is 11.7 Å². The van der Waals surface area contributed by atoms with Crippen LogP contribution in [0.5, 0.6) is 0 Å². The van der Waals surface area contributed by atoms with E-state index in [4.69, 9.17) is 5.73 Å². The van der Waals surface area contributed by atoms with Crippen molar-refractivity contribution in [2.45, 2.75) is 31.7 Å². The number of hydrogen-bond acceptors (Lipinski definition) is 3. The van der Waals surface area contributed by atoms with Crippen LogP contribution in [0.2, 0.25) is 0 Å². The topological polar surface area (TPSA) is 66.6 Å².